The molecular formula is C12H23NO4. The van der Waals surface area contributed by atoms with Crippen molar-refractivity contribution in [2.75, 3.05) is 32.8 Å². The molecule has 0 saturated carbocycles. The predicted molar refractivity (Wildman–Crippen MR) is 64.6 cm³/mol. The lowest BCUT2D eigenvalue weighted by Gasteiger charge is -2.19. The smallest absolute Gasteiger partial charge is 0.320 e. The lowest BCUT2D eigenvalue weighted by molar-refractivity contribution is -0.148. The highest BCUT2D eigenvalue weighted by molar-refractivity contribution is 5.75. The summed E-state index contributed by atoms with van der Waals surface area (Å²) in [5.74, 6) is -0.596. The first-order valence-corrected chi connectivity index (χ1v) is 6.17. The first-order valence-electron chi connectivity index (χ1n) is 6.17. The molecule has 0 aliphatic heterocycles. The molecule has 0 unspecified atom stereocenters. The minimum absolute atomic E-state index is 0.145. The SMILES string of the molecule is CCCCN(CC(=O)OCC)CC(=O)OCC. The number of carbonyl (C=O) groups is 2. The Morgan fingerprint density at radius 3 is 1.76 bits per heavy atom. The summed E-state index contributed by atoms with van der Waals surface area (Å²) in [6.07, 6.45) is 1.96. The van der Waals surface area contributed by atoms with Crippen molar-refractivity contribution in [1.29, 1.82) is 0 Å². The second-order valence-corrected chi connectivity index (χ2v) is 3.67. The maximum absolute atomic E-state index is 11.3. The van der Waals surface area contributed by atoms with Gasteiger partial charge < -0.3 is 9.47 Å². The van der Waals surface area contributed by atoms with Crippen LogP contribution in [-0.2, 0) is 19.1 Å². The highest BCUT2D eigenvalue weighted by Crippen LogP contribution is 1.97. The van der Waals surface area contributed by atoms with E-state index in [0.717, 1.165) is 12.8 Å². The van der Waals surface area contributed by atoms with Gasteiger partial charge in [-0.1, -0.05) is 13.3 Å². The molecule has 0 aliphatic rings. The van der Waals surface area contributed by atoms with Crippen molar-refractivity contribution in [1.82, 2.24) is 4.90 Å². The molecule has 0 heterocycles. The van der Waals surface area contributed by atoms with Crippen LogP contribution >= 0.6 is 0 Å². The fraction of sp³-hybridized carbons (Fsp3) is 0.833. The highest BCUT2D eigenvalue weighted by atomic mass is 16.5. The van der Waals surface area contributed by atoms with Gasteiger partial charge in [0.1, 0.15) is 0 Å². The zero-order chi connectivity index (χ0) is 13.1. The van der Waals surface area contributed by atoms with Gasteiger partial charge in [0.2, 0.25) is 0 Å². The van der Waals surface area contributed by atoms with Crippen LogP contribution in [0.15, 0.2) is 0 Å². The van der Waals surface area contributed by atoms with Crippen LogP contribution in [0.1, 0.15) is 33.6 Å². The molecule has 0 bridgehead atoms. The Morgan fingerprint density at radius 1 is 0.941 bits per heavy atom. The Balaban J connectivity index is 4.12. The van der Waals surface area contributed by atoms with Gasteiger partial charge in [-0.2, -0.15) is 0 Å². The van der Waals surface area contributed by atoms with Crippen LogP contribution in [0.4, 0.5) is 0 Å². The van der Waals surface area contributed by atoms with Crippen molar-refractivity contribution >= 4 is 11.9 Å². The Kier molecular flexibility index (Phi) is 9.43. The van der Waals surface area contributed by atoms with Crippen LogP contribution < -0.4 is 0 Å². The minimum atomic E-state index is -0.298. The standard InChI is InChI=1S/C12H23NO4/c1-4-7-8-13(9-11(14)16-5-2)10-12(15)17-6-3/h4-10H2,1-3H3. The maximum Gasteiger partial charge on any atom is 0.320 e. The Hall–Kier alpha value is -1.10. The largest absolute Gasteiger partial charge is 0.465 e. The summed E-state index contributed by atoms with van der Waals surface area (Å²) in [5.41, 5.74) is 0. The molecule has 0 N–H and O–H groups in total. The first kappa shape index (κ1) is 15.9. The summed E-state index contributed by atoms with van der Waals surface area (Å²) >= 11 is 0. The van der Waals surface area contributed by atoms with E-state index in [1.165, 1.54) is 0 Å². The minimum Gasteiger partial charge on any atom is -0.465 e. The average Bonchev–Trinajstić information content (AvgIpc) is 2.26. The molecule has 0 spiro atoms. The second-order valence-electron chi connectivity index (χ2n) is 3.67. The molecule has 0 aromatic heterocycles. The highest BCUT2D eigenvalue weighted by Gasteiger charge is 2.15. The Morgan fingerprint density at radius 2 is 1.41 bits per heavy atom. The number of ether oxygens (including phenoxy) is 2. The van der Waals surface area contributed by atoms with E-state index in [9.17, 15) is 9.59 Å². The normalized spacial score (nSPS) is 10.4. The summed E-state index contributed by atoms with van der Waals surface area (Å²) in [6, 6.07) is 0. The van der Waals surface area contributed by atoms with Gasteiger partial charge in [0.15, 0.2) is 0 Å². The van der Waals surface area contributed by atoms with Gasteiger partial charge >= 0.3 is 11.9 Å². The molecule has 0 atom stereocenters. The van der Waals surface area contributed by atoms with Crippen molar-refractivity contribution in [3.8, 4) is 0 Å². The lowest BCUT2D eigenvalue weighted by Crippen LogP contribution is -2.36. The molecule has 5 nitrogen and oxygen atoms in total. The van der Waals surface area contributed by atoms with E-state index >= 15 is 0 Å². The molecule has 100 valence electrons. The van der Waals surface area contributed by atoms with E-state index < -0.39 is 0 Å². The lowest BCUT2D eigenvalue weighted by atomic mass is 10.3. The van der Waals surface area contributed by atoms with Gasteiger partial charge in [0.25, 0.3) is 0 Å². The monoisotopic (exact) mass is 245 g/mol. The second kappa shape index (κ2) is 10.1. The molecule has 0 rings (SSSR count). The third kappa shape index (κ3) is 8.68. The van der Waals surface area contributed by atoms with Gasteiger partial charge in [-0.15, -0.1) is 0 Å². The number of hydrogen-bond donors (Lipinski definition) is 0. The topological polar surface area (TPSA) is 55.8 Å². The zero-order valence-electron chi connectivity index (χ0n) is 11.0. The van der Waals surface area contributed by atoms with E-state index in [0.29, 0.717) is 19.8 Å². The number of rotatable bonds is 9. The summed E-state index contributed by atoms with van der Waals surface area (Å²) in [6.45, 7) is 7.30. The van der Waals surface area contributed by atoms with Gasteiger partial charge in [0.05, 0.1) is 26.3 Å². The van der Waals surface area contributed by atoms with Crippen LogP contribution in [0.2, 0.25) is 0 Å². The van der Waals surface area contributed by atoms with Crippen LogP contribution in [-0.4, -0.2) is 49.7 Å². The van der Waals surface area contributed by atoms with Crippen LogP contribution in [0.25, 0.3) is 0 Å². The third-order valence-corrected chi connectivity index (χ3v) is 2.14. The van der Waals surface area contributed by atoms with Gasteiger partial charge in [-0.25, -0.2) is 0 Å². The number of unbranched alkanes of at least 4 members (excludes halogenated alkanes) is 1. The van der Waals surface area contributed by atoms with E-state index in [4.69, 9.17) is 9.47 Å². The molecule has 0 amide bonds. The van der Waals surface area contributed by atoms with Crippen molar-refractivity contribution in [2.45, 2.75) is 33.6 Å². The molecule has 17 heavy (non-hydrogen) atoms. The number of esters is 2. The predicted octanol–water partition coefficient (Wildman–Crippen LogP) is 1.21. The van der Waals surface area contributed by atoms with Crippen molar-refractivity contribution in [3.63, 3.8) is 0 Å². The fourth-order valence-corrected chi connectivity index (χ4v) is 1.37. The van der Waals surface area contributed by atoms with Crippen LogP contribution in [0.5, 0.6) is 0 Å². The quantitative estimate of drug-likeness (QED) is 0.572. The molecule has 0 saturated heterocycles. The van der Waals surface area contributed by atoms with E-state index in [1.807, 2.05) is 0 Å². The maximum atomic E-state index is 11.3. The number of carbonyl (C=O) groups excluding carboxylic acids is 2. The molecule has 0 aromatic rings. The average molecular weight is 245 g/mol. The van der Waals surface area contributed by atoms with Gasteiger partial charge in [-0.05, 0) is 26.8 Å². The summed E-state index contributed by atoms with van der Waals surface area (Å²) < 4.78 is 9.72. The zero-order valence-corrected chi connectivity index (χ0v) is 11.0. The third-order valence-electron chi connectivity index (χ3n) is 2.14. The van der Waals surface area contributed by atoms with Crippen molar-refractivity contribution in [2.24, 2.45) is 0 Å². The molecule has 0 aliphatic carbocycles. The molecule has 0 radical (unpaired) electrons. The summed E-state index contributed by atoms with van der Waals surface area (Å²) in [5, 5.41) is 0. The molecule has 0 aromatic carbocycles. The number of nitrogens with zero attached hydrogens (tertiary/aromatic N) is 1. The van der Waals surface area contributed by atoms with Crippen LogP contribution in [0.3, 0.4) is 0 Å². The molecule has 0 fully saturated rings. The number of hydrogen-bond acceptors (Lipinski definition) is 5. The summed E-state index contributed by atoms with van der Waals surface area (Å²) in [4.78, 5) is 24.4. The van der Waals surface area contributed by atoms with Crippen molar-refractivity contribution < 1.29 is 19.1 Å². The summed E-state index contributed by atoms with van der Waals surface area (Å²) in [7, 11) is 0. The molecular weight excluding hydrogens is 222 g/mol. The van der Waals surface area contributed by atoms with Crippen molar-refractivity contribution in [3.05, 3.63) is 0 Å². The van der Waals surface area contributed by atoms with E-state index in [1.54, 1.807) is 18.7 Å². The van der Waals surface area contributed by atoms with Gasteiger partial charge in [-0.3, -0.25) is 14.5 Å². The fourth-order valence-electron chi connectivity index (χ4n) is 1.37. The van der Waals surface area contributed by atoms with Crippen LogP contribution in [0, 0.1) is 0 Å². The first-order chi connectivity index (χ1) is 8.13. The van der Waals surface area contributed by atoms with E-state index in [2.05, 4.69) is 6.92 Å². The van der Waals surface area contributed by atoms with Gasteiger partial charge in [0, 0.05) is 0 Å². The van der Waals surface area contributed by atoms with E-state index in [-0.39, 0.29) is 25.0 Å². The molecule has 5 heteroatoms. The Labute approximate surface area is 103 Å². The Bertz CT molecular complexity index is 211.